The van der Waals surface area contributed by atoms with Gasteiger partial charge in [-0.15, -0.1) is 0 Å². The van der Waals surface area contributed by atoms with E-state index in [-0.39, 0.29) is 23.0 Å². The third-order valence-corrected chi connectivity index (χ3v) is 6.34. The molecule has 194 valence electrons. The number of aliphatic hydroxyl groups is 1. The van der Waals surface area contributed by atoms with E-state index in [4.69, 9.17) is 4.74 Å². The van der Waals surface area contributed by atoms with E-state index in [1.54, 1.807) is 31.2 Å². The highest BCUT2D eigenvalue weighted by atomic mass is 16.5. The van der Waals surface area contributed by atoms with E-state index in [0.717, 1.165) is 5.56 Å². The molecule has 1 amide bonds. The summed E-state index contributed by atoms with van der Waals surface area (Å²) in [6.45, 7) is 5.79. The number of anilines is 1. The van der Waals surface area contributed by atoms with Gasteiger partial charge < -0.3 is 25.4 Å². The van der Waals surface area contributed by atoms with Crippen LogP contribution in [-0.4, -0.2) is 33.3 Å². The van der Waals surface area contributed by atoms with E-state index in [1.807, 2.05) is 44.2 Å². The highest BCUT2D eigenvalue weighted by molar-refractivity contribution is 6.06. The summed E-state index contributed by atoms with van der Waals surface area (Å²) in [4.78, 5) is 25.6. The number of fused-ring (bicyclic) bond motifs is 2. The maximum absolute atomic E-state index is 13.3. The first-order valence-corrected chi connectivity index (χ1v) is 12.4. The molecule has 2 aliphatic rings. The quantitative estimate of drug-likeness (QED) is 0.314. The summed E-state index contributed by atoms with van der Waals surface area (Å²) in [6.07, 6.45) is 3.95. The number of benzene rings is 3. The number of aliphatic hydroxyl groups excluding tert-OH is 1. The second-order valence-electron chi connectivity index (χ2n) is 8.63. The van der Waals surface area contributed by atoms with E-state index in [0.29, 0.717) is 33.7 Å². The molecule has 5 rings (SSSR count). The topological polar surface area (TPSA) is 116 Å². The Balaban J connectivity index is 0.00000164. The number of nitrogens with one attached hydrogen (secondary N) is 1. The lowest BCUT2D eigenvalue weighted by Crippen LogP contribution is -2.26. The number of amides is 1. The van der Waals surface area contributed by atoms with Crippen LogP contribution in [0.4, 0.5) is 5.69 Å². The number of aromatic carboxylic acids is 1. The lowest BCUT2D eigenvalue weighted by Gasteiger charge is -2.31. The number of hydrogen-bond acceptors (Lipinski definition) is 5. The molecule has 0 spiro atoms. The van der Waals surface area contributed by atoms with Crippen LogP contribution in [0.5, 0.6) is 11.5 Å². The minimum absolute atomic E-state index is 0.00318. The number of carbonyl (C=O) groups excluding carboxylic acids is 1. The first kappa shape index (κ1) is 26.3. The molecule has 0 aromatic heterocycles. The van der Waals surface area contributed by atoms with Crippen LogP contribution < -0.4 is 10.1 Å². The molecular weight excluding hydrogens is 482 g/mol. The summed E-state index contributed by atoms with van der Waals surface area (Å²) in [5.41, 5.74) is 3.17. The van der Waals surface area contributed by atoms with E-state index in [9.17, 15) is 24.9 Å². The summed E-state index contributed by atoms with van der Waals surface area (Å²) >= 11 is 0. The SMILES string of the molecule is CC.CC(C(=O)Nc1cccc(C(=O)O)c1C1=C2C=CC(O)=CC2Oc2cc(O)ccc21)c1ccccc1. The number of phenols is 1. The number of ether oxygens (including phenoxy) is 1. The Morgan fingerprint density at radius 3 is 2.39 bits per heavy atom. The van der Waals surface area contributed by atoms with Crippen molar-refractivity contribution in [2.24, 2.45) is 0 Å². The normalized spacial score (nSPS) is 16.1. The number of carbonyl (C=O) groups is 2. The van der Waals surface area contributed by atoms with Gasteiger partial charge in [0.1, 0.15) is 23.4 Å². The van der Waals surface area contributed by atoms with Gasteiger partial charge in [-0.2, -0.15) is 0 Å². The molecule has 1 aliphatic heterocycles. The van der Waals surface area contributed by atoms with Crippen molar-refractivity contribution >= 4 is 23.1 Å². The molecule has 1 aliphatic carbocycles. The van der Waals surface area contributed by atoms with Crippen molar-refractivity contribution in [1.82, 2.24) is 0 Å². The predicted molar refractivity (Wildman–Crippen MR) is 147 cm³/mol. The van der Waals surface area contributed by atoms with Gasteiger partial charge in [0.15, 0.2) is 0 Å². The maximum Gasteiger partial charge on any atom is 0.336 e. The van der Waals surface area contributed by atoms with Gasteiger partial charge in [0, 0.05) is 40.1 Å². The smallest absolute Gasteiger partial charge is 0.336 e. The Hall–Kier alpha value is -4.78. The molecular formula is C31H29NO6. The number of allylic oxidation sites excluding steroid dienone is 1. The first-order chi connectivity index (χ1) is 18.3. The Morgan fingerprint density at radius 2 is 1.68 bits per heavy atom. The van der Waals surface area contributed by atoms with Gasteiger partial charge in [-0.25, -0.2) is 4.79 Å². The van der Waals surface area contributed by atoms with Crippen molar-refractivity contribution in [2.75, 3.05) is 5.32 Å². The maximum atomic E-state index is 13.3. The van der Waals surface area contributed by atoms with Gasteiger partial charge in [0.25, 0.3) is 0 Å². The molecule has 7 nitrogen and oxygen atoms in total. The molecule has 0 saturated heterocycles. The zero-order valence-corrected chi connectivity index (χ0v) is 21.3. The molecule has 0 bridgehead atoms. The third-order valence-electron chi connectivity index (χ3n) is 6.34. The fourth-order valence-electron chi connectivity index (χ4n) is 4.52. The third kappa shape index (κ3) is 5.04. The van der Waals surface area contributed by atoms with Crippen molar-refractivity contribution in [3.8, 4) is 11.5 Å². The van der Waals surface area contributed by atoms with Gasteiger partial charge >= 0.3 is 5.97 Å². The van der Waals surface area contributed by atoms with Gasteiger partial charge in [0.05, 0.1) is 11.5 Å². The van der Waals surface area contributed by atoms with Crippen LogP contribution in [0.1, 0.15) is 53.7 Å². The number of aromatic hydroxyl groups is 1. The second-order valence-corrected chi connectivity index (χ2v) is 8.63. The fourth-order valence-corrected chi connectivity index (χ4v) is 4.52. The molecule has 0 radical (unpaired) electrons. The van der Waals surface area contributed by atoms with Crippen LogP contribution in [0.2, 0.25) is 0 Å². The lowest BCUT2D eigenvalue weighted by molar-refractivity contribution is -0.117. The van der Waals surface area contributed by atoms with Gasteiger partial charge in [0.2, 0.25) is 5.91 Å². The molecule has 2 unspecified atom stereocenters. The Kier molecular flexibility index (Phi) is 7.67. The minimum Gasteiger partial charge on any atom is -0.508 e. The number of hydrogen-bond donors (Lipinski definition) is 4. The zero-order chi connectivity index (χ0) is 27.4. The van der Waals surface area contributed by atoms with Crippen molar-refractivity contribution in [2.45, 2.75) is 32.8 Å². The lowest BCUT2D eigenvalue weighted by atomic mass is 9.83. The summed E-state index contributed by atoms with van der Waals surface area (Å²) in [7, 11) is 0. The van der Waals surface area contributed by atoms with Crippen LogP contribution in [0, 0.1) is 0 Å². The monoisotopic (exact) mass is 511 g/mol. The number of carboxylic acid groups (broad SMARTS) is 1. The van der Waals surface area contributed by atoms with Crippen LogP contribution in [-0.2, 0) is 4.79 Å². The van der Waals surface area contributed by atoms with Crippen molar-refractivity contribution in [3.63, 3.8) is 0 Å². The van der Waals surface area contributed by atoms with Crippen molar-refractivity contribution in [1.29, 1.82) is 0 Å². The highest BCUT2D eigenvalue weighted by Gasteiger charge is 2.33. The zero-order valence-electron chi connectivity index (χ0n) is 21.3. The molecule has 0 saturated carbocycles. The predicted octanol–water partition coefficient (Wildman–Crippen LogP) is 6.43. The van der Waals surface area contributed by atoms with E-state index < -0.39 is 18.0 Å². The average molecular weight is 512 g/mol. The highest BCUT2D eigenvalue weighted by Crippen LogP contribution is 2.46. The Morgan fingerprint density at radius 1 is 0.947 bits per heavy atom. The second kappa shape index (κ2) is 11.1. The molecule has 3 aromatic carbocycles. The summed E-state index contributed by atoms with van der Waals surface area (Å²) in [5.74, 6) is -1.62. The van der Waals surface area contributed by atoms with Crippen LogP contribution in [0.3, 0.4) is 0 Å². The van der Waals surface area contributed by atoms with E-state index in [1.165, 1.54) is 30.4 Å². The molecule has 0 fully saturated rings. The van der Waals surface area contributed by atoms with Crippen LogP contribution in [0.25, 0.3) is 5.57 Å². The molecule has 4 N–H and O–H groups in total. The minimum atomic E-state index is -1.16. The van der Waals surface area contributed by atoms with Gasteiger partial charge in [-0.1, -0.05) is 56.3 Å². The number of carboxylic acids is 1. The van der Waals surface area contributed by atoms with Crippen molar-refractivity contribution in [3.05, 3.63) is 119 Å². The van der Waals surface area contributed by atoms with Gasteiger partial charge in [-0.05, 0) is 42.8 Å². The Bertz CT molecular complexity index is 1470. The molecule has 1 heterocycles. The largest absolute Gasteiger partial charge is 0.508 e. The molecule has 38 heavy (non-hydrogen) atoms. The standard InChI is InChI=1S/C29H23NO6.C2H6/c1-16(17-6-3-2-4-7-17)28(33)30-23-9-5-8-22(29(34)35)27(23)26-20-12-10-18(31)14-24(20)36-25-15-19(32)11-13-21(25)26;1-2/h2-16,24,31-32H,1H3,(H,30,33)(H,34,35);1-2H3. The number of phenolic OH excluding ortho intramolecular Hbond substituents is 1. The van der Waals surface area contributed by atoms with E-state index >= 15 is 0 Å². The number of rotatable bonds is 5. The first-order valence-electron chi connectivity index (χ1n) is 12.4. The summed E-state index contributed by atoms with van der Waals surface area (Å²) in [6, 6.07) is 18.6. The van der Waals surface area contributed by atoms with E-state index in [2.05, 4.69) is 5.32 Å². The van der Waals surface area contributed by atoms with Crippen LogP contribution >= 0.6 is 0 Å². The average Bonchev–Trinajstić information content (AvgIpc) is 2.92. The van der Waals surface area contributed by atoms with Gasteiger partial charge in [-0.3, -0.25) is 4.79 Å². The summed E-state index contributed by atoms with van der Waals surface area (Å²) < 4.78 is 6.02. The summed E-state index contributed by atoms with van der Waals surface area (Å²) in [5, 5.41) is 33.1. The Labute approximate surface area is 221 Å². The van der Waals surface area contributed by atoms with Crippen LogP contribution in [0.15, 0.2) is 96.3 Å². The molecule has 7 heteroatoms. The molecule has 3 aromatic rings. The molecule has 2 atom stereocenters. The fraction of sp³-hybridized carbons (Fsp3) is 0.161. The van der Waals surface area contributed by atoms with Crippen molar-refractivity contribution < 1.29 is 29.6 Å².